The molecule has 1 aliphatic heterocycles. The Morgan fingerprint density at radius 2 is 1.85 bits per heavy atom. The van der Waals surface area contributed by atoms with Gasteiger partial charge in [0.2, 0.25) is 0 Å². The Hall–Kier alpha value is -1.43. The van der Waals surface area contributed by atoms with Gasteiger partial charge in [-0.05, 0) is 30.5 Å². The number of rotatable bonds is 5. The van der Waals surface area contributed by atoms with E-state index in [4.69, 9.17) is 14.9 Å². The van der Waals surface area contributed by atoms with Crippen molar-refractivity contribution in [3.05, 3.63) is 35.4 Å². The first-order valence-corrected chi connectivity index (χ1v) is 6.96. The average Bonchev–Trinajstić information content (AvgIpc) is 2.53. The Balaban J connectivity index is 1.87. The first-order valence-electron chi connectivity index (χ1n) is 6.96. The summed E-state index contributed by atoms with van der Waals surface area (Å²) in [4.78, 5) is 14.1. The topological polar surface area (TPSA) is 70.0 Å². The summed E-state index contributed by atoms with van der Waals surface area (Å²) in [6, 6.07) is 7.04. The van der Waals surface area contributed by atoms with Crippen LogP contribution in [0.1, 0.15) is 28.8 Å². The lowest BCUT2D eigenvalue weighted by atomic mass is 10.1. The van der Waals surface area contributed by atoms with Crippen molar-refractivity contribution in [2.45, 2.75) is 25.6 Å². The highest BCUT2D eigenvalue weighted by atomic mass is 16.5. The van der Waals surface area contributed by atoms with Crippen molar-refractivity contribution in [1.82, 2.24) is 4.90 Å². The number of hydrogen-bond donors (Lipinski definition) is 2. The van der Waals surface area contributed by atoms with Crippen LogP contribution in [0.5, 0.6) is 0 Å². The van der Waals surface area contributed by atoms with Gasteiger partial charge in [-0.1, -0.05) is 12.1 Å². The molecule has 1 saturated heterocycles. The van der Waals surface area contributed by atoms with Gasteiger partial charge in [-0.3, -0.25) is 4.79 Å². The van der Waals surface area contributed by atoms with Crippen LogP contribution in [0, 0.1) is 0 Å². The molecule has 0 spiro atoms. The van der Waals surface area contributed by atoms with Crippen LogP contribution in [0.2, 0.25) is 0 Å². The van der Waals surface area contributed by atoms with E-state index in [0.29, 0.717) is 25.3 Å². The second-order valence-electron chi connectivity index (χ2n) is 4.94. The third kappa shape index (κ3) is 3.79. The Labute approximate surface area is 118 Å². The Bertz CT molecular complexity index is 424. The maximum Gasteiger partial charge on any atom is 0.253 e. The van der Waals surface area contributed by atoms with Crippen molar-refractivity contribution < 1.29 is 19.7 Å². The van der Waals surface area contributed by atoms with Crippen LogP contribution in [0.4, 0.5) is 0 Å². The molecule has 110 valence electrons. The zero-order valence-corrected chi connectivity index (χ0v) is 11.5. The van der Waals surface area contributed by atoms with Crippen LogP contribution >= 0.6 is 0 Å². The van der Waals surface area contributed by atoms with E-state index in [9.17, 15) is 4.79 Å². The quantitative estimate of drug-likeness (QED) is 0.836. The second-order valence-corrected chi connectivity index (χ2v) is 4.94. The molecule has 20 heavy (non-hydrogen) atoms. The van der Waals surface area contributed by atoms with Gasteiger partial charge in [-0.25, -0.2) is 0 Å². The molecule has 0 unspecified atom stereocenters. The summed E-state index contributed by atoms with van der Waals surface area (Å²) in [5, 5.41) is 17.7. The van der Waals surface area contributed by atoms with Crippen LogP contribution in [0.25, 0.3) is 0 Å². The maximum atomic E-state index is 12.3. The average molecular weight is 279 g/mol. The van der Waals surface area contributed by atoms with Crippen molar-refractivity contribution in [2.75, 3.05) is 26.3 Å². The highest BCUT2D eigenvalue weighted by Gasteiger charge is 2.23. The summed E-state index contributed by atoms with van der Waals surface area (Å²) in [6.07, 6.45) is 1.75. The van der Waals surface area contributed by atoms with E-state index in [1.165, 1.54) is 0 Å². The van der Waals surface area contributed by atoms with Crippen LogP contribution in [-0.2, 0) is 11.3 Å². The number of amides is 1. The summed E-state index contributed by atoms with van der Waals surface area (Å²) < 4.78 is 5.48. The predicted molar refractivity (Wildman–Crippen MR) is 74.3 cm³/mol. The zero-order chi connectivity index (χ0) is 14.4. The number of benzene rings is 1. The molecule has 0 atom stereocenters. The van der Waals surface area contributed by atoms with E-state index in [0.717, 1.165) is 18.4 Å². The first-order chi connectivity index (χ1) is 9.74. The van der Waals surface area contributed by atoms with Gasteiger partial charge in [-0.15, -0.1) is 0 Å². The normalized spacial score (nSPS) is 16.4. The molecule has 2 N–H and O–H groups in total. The molecule has 1 fully saturated rings. The van der Waals surface area contributed by atoms with Gasteiger partial charge in [0.05, 0.1) is 25.9 Å². The molecule has 0 bridgehead atoms. The molecular weight excluding hydrogens is 258 g/mol. The summed E-state index contributed by atoms with van der Waals surface area (Å²) in [5.41, 5.74) is 1.45. The lowest BCUT2D eigenvalue weighted by molar-refractivity contribution is -0.00554. The molecule has 0 radical (unpaired) electrons. The molecule has 0 aromatic heterocycles. The summed E-state index contributed by atoms with van der Waals surface area (Å²) >= 11 is 0. The fourth-order valence-electron chi connectivity index (χ4n) is 2.38. The summed E-state index contributed by atoms with van der Waals surface area (Å²) in [6.45, 7) is 1.74. The smallest absolute Gasteiger partial charge is 0.253 e. The summed E-state index contributed by atoms with van der Waals surface area (Å²) in [5.74, 6) is 0.0232. The Kier molecular flexibility index (Phi) is 5.52. The number of carbonyl (C=O) groups is 1. The minimum atomic E-state index is -0.0118. The molecule has 1 aliphatic rings. The second kappa shape index (κ2) is 7.38. The van der Waals surface area contributed by atoms with E-state index < -0.39 is 0 Å². The van der Waals surface area contributed by atoms with Gasteiger partial charge in [0.25, 0.3) is 5.91 Å². The van der Waals surface area contributed by atoms with E-state index in [2.05, 4.69) is 0 Å². The number of nitrogens with zero attached hydrogens (tertiary/aromatic N) is 1. The minimum absolute atomic E-state index is 0.0118. The zero-order valence-electron chi connectivity index (χ0n) is 11.5. The number of piperidine rings is 1. The number of likely N-dealkylation sites (tertiary alicyclic amines) is 1. The molecule has 1 amide bonds. The molecule has 2 rings (SSSR count). The Morgan fingerprint density at radius 3 is 2.40 bits per heavy atom. The lowest BCUT2D eigenvalue weighted by Gasteiger charge is -2.32. The van der Waals surface area contributed by atoms with Gasteiger partial charge in [0.15, 0.2) is 0 Å². The molecule has 0 aliphatic carbocycles. The maximum absolute atomic E-state index is 12.3. The third-order valence-electron chi connectivity index (χ3n) is 3.56. The van der Waals surface area contributed by atoms with Crippen molar-refractivity contribution in [1.29, 1.82) is 0 Å². The lowest BCUT2D eigenvalue weighted by Crippen LogP contribution is -2.41. The van der Waals surface area contributed by atoms with Gasteiger partial charge in [0.1, 0.15) is 0 Å². The Morgan fingerprint density at radius 1 is 1.20 bits per heavy atom. The van der Waals surface area contributed by atoms with Crippen molar-refractivity contribution in [2.24, 2.45) is 0 Å². The number of aliphatic hydroxyl groups is 2. The van der Waals surface area contributed by atoms with E-state index in [1.54, 1.807) is 24.3 Å². The van der Waals surface area contributed by atoms with Crippen LogP contribution in [-0.4, -0.2) is 53.4 Å². The molecular formula is C15H21NO4. The third-order valence-corrected chi connectivity index (χ3v) is 3.56. The number of carbonyl (C=O) groups excluding carboxylic acids is 1. The SMILES string of the molecule is O=C(c1ccc(CO)cc1)N1CCC(OCCO)CC1. The van der Waals surface area contributed by atoms with Crippen molar-refractivity contribution in [3.8, 4) is 0 Å². The van der Waals surface area contributed by atoms with Crippen molar-refractivity contribution >= 4 is 5.91 Å². The molecule has 1 aromatic carbocycles. The minimum Gasteiger partial charge on any atom is -0.394 e. The van der Waals surface area contributed by atoms with E-state index in [1.807, 2.05) is 4.90 Å². The van der Waals surface area contributed by atoms with E-state index in [-0.39, 0.29) is 25.2 Å². The highest BCUT2D eigenvalue weighted by molar-refractivity contribution is 5.94. The number of aliphatic hydroxyl groups excluding tert-OH is 2. The fraction of sp³-hybridized carbons (Fsp3) is 0.533. The van der Waals surface area contributed by atoms with Gasteiger partial charge in [0, 0.05) is 18.7 Å². The molecule has 1 heterocycles. The van der Waals surface area contributed by atoms with E-state index >= 15 is 0 Å². The monoisotopic (exact) mass is 279 g/mol. The van der Waals surface area contributed by atoms with Gasteiger partial charge < -0.3 is 19.8 Å². The first kappa shape index (κ1) is 15.0. The van der Waals surface area contributed by atoms with Crippen LogP contribution in [0.3, 0.4) is 0 Å². The van der Waals surface area contributed by atoms with Crippen LogP contribution < -0.4 is 0 Å². The molecule has 5 heteroatoms. The predicted octanol–water partition coefficient (Wildman–Crippen LogP) is 0.792. The van der Waals surface area contributed by atoms with Gasteiger partial charge >= 0.3 is 0 Å². The molecule has 0 saturated carbocycles. The highest BCUT2D eigenvalue weighted by Crippen LogP contribution is 2.16. The fourth-order valence-corrected chi connectivity index (χ4v) is 2.38. The largest absolute Gasteiger partial charge is 0.394 e. The van der Waals surface area contributed by atoms with Crippen molar-refractivity contribution in [3.63, 3.8) is 0 Å². The number of hydrogen-bond acceptors (Lipinski definition) is 4. The van der Waals surface area contributed by atoms with Gasteiger partial charge in [-0.2, -0.15) is 0 Å². The molecule has 5 nitrogen and oxygen atoms in total. The summed E-state index contributed by atoms with van der Waals surface area (Å²) in [7, 11) is 0. The standard InChI is InChI=1S/C15H21NO4/c17-9-10-20-14-5-7-16(8-6-14)15(19)13-3-1-12(11-18)2-4-13/h1-4,14,17-18H,5-11H2. The van der Waals surface area contributed by atoms with Crippen LogP contribution in [0.15, 0.2) is 24.3 Å². The molecule has 1 aromatic rings. The number of ether oxygens (including phenoxy) is 1.